The Hall–Kier alpha value is -2.61. The topological polar surface area (TPSA) is 116 Å². The number of benzene rings is 2. The van der Waals surface area contributed by atoms with Gasteiger partial charge in [-0.25, -0.2) is 0 Å². The van der Waals surface area contributed by atoms with Crippen molar-refractivity contribution in [3.05, 3.63) is 52.1 Å². The lowest BCUT2D eigenvalue weighted by Gasteiger charge is -2.50. The zero-order valence-electron chi connectivity index (χ0n) is 26.8. The van der Waals surface area contributed by atoms with Crippen molar-refractivity contribution in [3.8, 4) is 17.2 Å². The van der Waals surface area contributed by atoms with Crippen LogP contribution in [0.1, 0.15) is 129 Å². The van der Waals surface area contributed by atoms with Gasteiger partial charge in [0, 0.05) is 19.1 Å². The van der Waals surface area contributed by atoms with Crippen molar-refractivity contribution < 1.29 is 34.7 Å². The van der Waals surface area contributed by atoms with Gasteiger partial charge < -0.3 is 29.9 Å². The first-order valence-electron chi connectivity index (χ1n) is 17.3. The van der Waals surface area contributed by atoms with Crippen molar-refractivity contribution in [1.29, 1.82) is 0 Å². The number of hydrogen-bond acceptors (Lipinski definition) is 7. The van der Waals surface area contributed by atoms with Gasteiger partial charge in [-0.15, -0.1) is 0 Å². The molecule has 0 radical (unpaired) electrons. The van der Waals surface area contributed by atoms with Gasteiger partial charge in [-0.2, -0.15) is 0 Å². The van der Waals surface area contributed by atoms with Crippen LogP contribution in [0.2, 0.25) is 0 Å². The molecule has 7 heteroatoms. The van der Waals surface area contributed by atoms with Crippen LogP contribution < -0.4 is 4.74 Å². The SMILES string of the molecule is COC(Oc1cc2c(cc1O)C(=O)C[C@@H]1[C@@H]2CC[C@]2(C)[C@@H](O)CC[C@@H]12)c1cc2c(cc1O)CCC1C2CC[C@@]2(C)C1CC[C@@H]2O. The molecule has 242 valence electrons. The number of aliphatic hydroxyl groups is 2. The summed E-state index contributed by atoms with van der Waals surface area (Å²) in [4.78, 5) is 13.4. The fraction of sp³-hybridized carbons (Fsp3) is 0.658. The number of phenols is 2. The quantitative estimate of drug-likeness (QED) is 0.276. The molecule has 0 aliphatic heterocycles. The Morgan fingerprint density at radius 1 is 0.778 bits per heavy atom. The number of aryl methyl sites for hydroxylation is 1. The minimum Gasteiger partial charge on any atom is -0.507 e. The van der Waals surface area contributed by atoms with Crippen molar-refractivity contribution >= 4 is 5.78 Å². The first-order chi connectivity index (χ1) is 21.5. The van der Waals surface area contributed by atoms with E-state index in [4.69, 9.17) is 9.47 Å². The summed E-state index contributed by atoms with van der Waals surface area (Å²) in [6.45, 7) is 4.47. The Bertz CT molecular complexity index is 1530. The van der Waals surface area contributed by atoms with Gasteiger partial charge in [0.2, 0.25) is 6.29 Å². The van der Waals surface area contributed by atoms with Gasteiger partial charge in [0.15, 0.2) is 17.3 Å². The highest BCUT2D eigenvalue weighted by molar-refractivity contribution is 6.00. The number of carbonyl (C=O) groups excluding carboxylic acids is 1. The Labute approximate surface area is 266 Å². The van der Waals surface area contributed by atoms with E-state index in [9.17, 15) is 25.2 Å². The maximum absolute atomic E-state index is 13.4. The monoisotopic (exact) mass is 616 g/mol. The van der Waals surface area contributed by atoms with Gasteiger partial charge >= 0.3 is 0 Å². The number of rotatable bonds is 4. The average Bonchev–Trinajstić information content (AvgIpc) is 3.50. The van der Waals surface area contributed by atoms with E-state index in [1.165, 1.54) is 11.1 Å². The van der Waals surface area contributed by atoms with E-state index in [-0.39, 0.29) is 57.9 Å². The number of phenolic OH excluding ortho intramolecular Hbond substituents is 2. The number of Topliss-reactive ketones (excluding diaryl/α,β-unsaturated/α-hetero) is 1. The lowest BCUT2D eigenvalue weighted by molar-refractivity contribution is -0.0590. The zero-order valence-corrected chi connectivity index (χ0v) is 26.8. The van der Waals surface area contributed by atoms with Crippen molar-refractivity contribution in [2.45, 2.75) is 115 Å². The van der Waals surface area contributed by atoms with Crippen LogP contribution in [0.25, 0.3) is 0 Å². The molecule has 0 amide bonds. The molecule has 8 rings (SSSR count). The zero-order chi connectivity index (χ0) is 31.4. The van der Waals surface area contributed by atoms with Crippen LogP contribution in [-0.4, -0.2) is 45.5 Å². The van der Waals surface area contributed by atoms with Crippen LogP contribution >= 0.6 is 0 Å². The summed E-state index contributed by atoms with van der Waals surface area (Å²) in [7, 11) is 1.54. The van der Waals surface area contributed by atoms with E-state index in [1.54, 1.807) is 13.2 Å². The molecular weight excluding hydrogens is 568 g/mol. The lowest BCUT2D eigenvalue weighted by atomic mass is 9.55. The summed E-state index contributed by atoms with van der Waals surface area (Å²) in [5, 5.41) is 43.9. The molecule has 0 aromatic heterocycles. The highest BCUT2D eigenvalue weighted by Gasteiger charge is 2.56. The number of ether oxygens (including phenoxy) is 2. The summed E-state index contributed by atoms with van der Waals surface area (Å²) in [5.41, 5.74) is 4.31. The predicted molar refractivity (Wildman–Crippen MR) is 168 cm³/mol. The molecule has 4 N–H and O–H groups in total. The van der Waals surface area contributed by atoms with Gasteiger partial charge in [-0.1, -0.05) is 13.8 Å². The molecule has 0 bridgehead atoms. The molecule has 6 aliphatic carbocycles. The minimum atomic E-state index is -0.948. The van der Waals surface area contributed by atoms with Crippen molar-refractivity contribution in [2.75, 3.05) is 7.11 Å². The summed E-state index contributed by atoms with van der Waals surface area (Å²) in [6, 6.07) is 7.32. The van der Waals surface area contributed by atoms with Crippen LogP contribution in [0, 0.1) is 34.5 Å². The van der Waals surface area contributed by atoms with Crippen molar-refractivity contribution in [1.82, 2.24) is 0 Å². The standard InChI is InChI=1S/C38H48O7/c1-37-12-10-20-22(28(37)6-8-34(37)42)5-4-19-14-30(39)27(15-23(19)20)36(44-3)45-33-18-24-21-11-13-38(2)29(7-9-35(38)43)25(21)16-31(40)26(24)17-32(33)41/h14-15,17-18,20-22,25,28-29,34-36,39,41-43H,4-13,16H2,1-3H3/t20?,21-,22?,25-,28?,29+,34+,35+,36?,37+,38+/m1/s1. The van der Waals surface area contributed by atoms with Gasteiger partial charge in [-0.05, 0) is 152 Å². The number of methoxy groups -OCH3 is 1. The fourth-order valence-electron chi connectivity index (χ4n) is 11.6. The number of fused-ring (bicyclic) bond motifs is 10. The van der Waals surface area contributed by atoms with Crippen LogP contribution in [0.15, 0.2) is 24.3 Å². The van der Waals surface area contributed by atoms with E-state index in [0.29, 0.717) is 41.2 Å². The average molecular weight is 617 g/mol. The Balaban J connectivity index is 1.10. The number of ketones is 1. The number of aromatic hydroxyl groups is 2. The van der Waals surface area contributed by atoms with Crippen LogP contribution in [0.3, 0.4) is 0 Å². The van der Waals surface area contributed by atoms with Crippen LogP contribution in [0.4, 0.5) is 0 Å². The molecule has 4 fully saturated rings. The van der Waals surface area contributed by atoms with E-state index < -0.39 is 6.29 Å². The Kier molecular flexibility index (Phi) is 6.91. The first kappa shape index (κ1) is 29.8. The van der Waals surface area contributed by atoms with E-state index in [2.05, 4.69) is 19.9 Å². The molecule has 6 aliphatic rings. The van der Waals surface area contributed by atoms with Crippen LogP contribution in [0.5, 0.6) is 17.2 Å². The summed E-state index contributed by atoms with van der Waals surface area (Å²) < 4.78 is 12.2. The molecular formula is C38H48O7. The first-order valence-corrected chi connectivity index (χ1v) is 17.3. The lowest BCUT2D eigenvalue weighted by Crippen LogP contribution is -2.44. The summed E-state index contributed by atoms with van der Waals surface area (Å²) in [5.74, 6) is 2.35. The van der Waals surface area contributed by atoms with Crippen molar-refractivity contribution in [3.63, 3.8) is 0 Å². The highest BCUT2D eigenvalue weighted by Crippen LogP contribution is 2.63. The third kappa shape index (κ3) is 4.29. The van der Waals surface area contributed by atoms with E-state index in [1.807, 2.05) is 12.1 Å². The van der Waals surface area contributed by atoms with E-state index >= 15 is 0 Å². The predicted octanol–water partition coefficient (Wildman–Crippen LogP) is 6.90. The maximum atomic E-state index is 13.4. The molecule has 2 aromatic rings. The second-order valence-corrected chi connectivity index (χ2v) is 15.9. The third-order valence-corrected chi connectivity index (χ3v) is 14.2. The number of hydrogen-bond donors (Lipinski definition) is 4. The molecule has 7 nitrogen and oxygen atoms in total. The number of aliphatic hydroxyl groups excluding tert-OH is 2. The van der Waals surface area contributed by atoms with Crippen molar-refractivity contribution in [2.24, 2.45) is 34.5 Å². The maximum Gasteiger partial charge on any atom is 0.230 e. The van der Waals surface area contributed by atoms with Gasteiger partial charge in [0.1, 0.15) is 5.75 Å². The van der Waals surface area contributed by atoms with Crippen LogP contribution in [-0.2, 0) is 11.2 Å². The smallest absolute Gasteiger partial charge is 0.230 e. The summed E-state index contributed by atoms with van der Waals surface area (Å²) >= 11 is 0. The molecule has 4 saturated carbocycles. The molecule has 11 atom stereocenters. The number of carbonyl (C=O) groups is 1. The largest absolute Gasteiger partial charge is 0.507 e. The fourth-order valence-corrected chi connectivity index (χ4v) is 11.6. The molecule has 45 heavy (non-hydrogen) atoms. The minimum absolute atomic E-state index is 0.00448. The molecule has 0 saturated heterocycles. The molecule has 2 aromatic carbocycles. The van der Waals surface area contributed by atoms with Gasteiger partial charge in [0.05, 0.1) is 17.8 Å². The highest BCUT2D eigenvalue weighted by atomic mass is 16.7. The van der Waals surface area contributed by atoms with Gasteiger partial charge in [0.25, 0.3) is 0 Å². The molecule has 0 heterocycles. The third-order valence-electron chi connectivity index (χ3n) is 14.2. The molecule has 0 spiro atoms. The molecule has 4 unspecified atom stereocenters. The Morgan fingerprint density at radius 2 is 1.42 bits per heavy atom. The second-order valence-electron chi connectivity index (χ2n) is 15.9. The Morgan fingerprint density at radius 3 is 2.09 bits per heavy atom. The van der Waals surface area contributed by atoms with E-state index in [0.717, 1.165) is 69.8 Å². The second kappa shape index (κ2) is 10.4. The van der Waals surface area contributed by atoms with Gasteiger partial charge in [-0.3, -0.25) is 4.79 Å². The summed E-state index contributed by atoms with van der Waals surface area (Å²) in [6.07, 6.45) is 8.47. The normalized spacial score (nSPS) is 40.4.